The van der Waals surface area contributed by atoms with Crippen molar-refractivity contribution in [3.8, 4) is 5.75 Å². The third-order valence-electron chi connectivity index (χ3n) is 1.93. The molecule has 0 saturated carbocycles. The van der Waals surface area contributed by atoms with Crippen molar-refractivity contribution in [1.29, 1.82) is 0 Å². The van der Waals surface area contributed by atoms with Crippen LogP contribution in [0.4, 0.5) is 0 Å². The maximum atomic E-state index is 5.77. The number of hydrogen-bond acceptors (Lipinski definition) is 1. The standard InChI is InChI=1S/C11H13Cl3O/c1-2-3-7-15-10-6-4-5-9(8-10)11(12,13)14/h4-6,8H,2-3,7H2,1H3. The fourth-order valence-corrected chi connectivity index (χ4v) is 1.45. The van der Waals surface area contributed by atoms with Crippen molar-refractivity contribution in [2.45, 2.75) is 23.6 Å². The molecule has 1 aromatic carbocycles. The maximum Gasteiger partial charge on any atom is 0.216 e. The first-order valence-corrected chi connectivity index (χ1v) is 5.97. The van der Waals surface area contributed by atoms with E-state index in [1.807, 2.05) is 12.1 Å². The van der Waals surface area contributed by atoms with Gasteiger partial charge in [0.2, 0.25) is 3.79 Å². The van der Waals surface area contributed by atoms with E-state index in [1.165, 1.54) is 0 Å². The number of benzene rings is 1. The second-order valence-electron chi connectivity index (χ2n) is 3.23. The highest BCUT2D eigenvalue weighted by molar-refractivity contribution is 6.66. The molecule has 1 aromatic rings. The molecule has 1 nitrogen and oxygen atoms in total. The molecule has 0 amide bonds. The molecule has 15 heavy (non-hydrogen) atoms. The van der Waals surface area contributed by atoms with Crippen molar-refractivity contribution in [3.05, 3.63) is 29.8 Å². The molecule has 4 heteroatoms. The average molecular weight is 268 g/mol. The van der Waals surface area contributed by atoms with Crippen molar-refractivity contribution < 1.29 is 4.74 Å². The van der Waals surface area contributed by atoms with E-state index in [-0.39, 0.29) is 0 Å². The predicted octanol–water partition coefficient (Wildman–Crippen LogP) is 4.69. The van der Waals surface area contributed by atoms with Gasteiger partial charge in [-0.2, -0.15) is 0 Å². The predicted molar refractivity (Wildman–Crippen MR) is 66.1 cm³/mol. The number of hydrogen-bond donors (Lipinski definition) is 0. The highest BCUT2D eigenvalue weighted by Crippen LogP contribution is 2.39. The van der Waals surface area contributed by atoms with Crippen molar-refractivity contribution in [2.24, 2.45) is 0 Å². The van der Waals surface area contributed by atoms with Crippen molar-refractivity contribution in [2.75, 3.05) is 6.61 Å². The first-order valence-electron chi connectivity index (χ1n) is 4.84. The molecule has 0 bridgehead atoms. The van der Waals surface area contributed by atoms with Crippen LogP contribution in [0.15, 0.2) is 24.3 Å². The molecule has 0 aliphatic rings. The molecule has 0 unspecified atom stereocenters. The normalized spacial score (nSPS) is 11.5. The van der Waals surface area contributed by atoms with Crippen LogP contribution in [0.3, 0.4) is 0 Å². The Morgan fingerprint density at radius 2 is 2.00 bits per heavy atom. The first-order chi connectivity index (χ1) is 7.04. The van der Waals surface area contributed by atoms with Gasteiger partial charge in [0.1, 0.15) is 5.75 Å². The van der Waals surface area contributed by atoms with Crippen LogP contribution < -0.4 is 4.74 Å². The van der Waals surface area contributed by atoms with Gasteiger partial charge in [-0.3, -0.25) is 0 Å². The lowest BCUT2D eigenvalue weighted by Gasteiger charge is -2.13. The van der Waals surface area contributed by atoms with Gasteiger partial charge >= 0.3 is 0 Å². The SMILES string of the molecule is CCCCOc1cccc(C(Cl)(Cl)Cl)c1. The molecule has 84 valence electrons. The van der Waals surface area contributed by atoms with Crippen LogP contribution in [0, 0.1) is 0 Å². The lowest BCUT2D eigenvalue weighted by Crippen LogP contribution is -2.02. The van der Waals surface area contributed by atoms with Gasteiger partial charge in [-0.25, -0.2) is 0 Å². The topological polar surface area (TPSA) is 9.23 Å². The molecule has 0 aliphatic carbocycles. The molecule has 0 saturated heterocycles. The third kappa shape index (κ3) is 4.50. The minimum Gasteiger partial charge on any atom is -0.494 e. The average Bonchev–Trinajstić information content (AvgIpc) is 2.17. The summed E-state index contributed by atoms with van der Waals surface area (Å²) >= 11 is 17.3. The molecule has 0 radical (unpaired) electrons. The van der Waals surface area contributed by atoms with E-state index in [9.17, 15) is 0 Å². The maximum absolute atomic E-state index is 5.77. The van der Waals surface area contributed by atoms with Crippen LogP contribution in [-0.4, -0.2) is 6.61 Å². The third-order valence-corrected chi connectivity index (χ3v) is 2.58. The zero-order chi connectivity index (χ0) is 11.3. The van der Waals surface area contributed by atoms with E-state index in [1.54, 1.807) is 12.1 Å². The Morgan fingerprint density at radius 3 is 2.60 bits per heavy atom. The van der Waals surface area contributed by atoms with Gasteiger partial charge in [-0.15, -0.1) is 0 Å². The second-order valence-corrected chi connectivity index (χ2v) is 5.51. The monoisotopic (exact) mass is 266 g/mol. The van der Waals surface area contributed by atoms with E-state index in [2.05, 4.69) is 6.92 Å². The summed E-state index contributed by atoms with van der Waals surface area (Å²) in [6, 6.07) is 7.19. The van der Waals surface area contributed by atoms with Gasteiger partial charge < -0.3 is 4.74 Å². The molecular weight excluding hydrogens is 254 g/mol. The first kappa shape index (κ1) is 13.0. The Labute approximate surface area is 105 Å². The van der Waals surface area contributed by atoms with Gasteiger partial charge in [0.05, 0.1) is 6.61 Å². The molecule has 0 N–H and O–H groups in total. The summed E-state index contributed by atoms with van der Waals surface area (Å²) in [5, 5.41) is 0. The fourth-order valence-electron chi connectivity index (χ4n) is 1.10. The zero-order valence-corrected chi connectivity index (χ0v) is 10.7. The van der Waals surface area contributed by atoms with E-state index in [0.29, 0.717) is 12.2 Å². The number of unbranched alkanes of at least 4 members (excludes halogenated alkanes) is 1. The van der Waals surface area contributed by atoms with E-state index < -0.39 is 3.79 Å². The van der Waals surface area contributed by atoms with Crippen LogP contribution in [-0.2, 0) is 3.79 Å². The van der Waals surface area contributed by atoms with Crippen molar-refractivity contribution in [1.82, 2.24) is 0 Å². The molecule has 0 fully saturated rings. The van der Waals surface area contributed by atoms with Crippen LogP contribution in [0.1, 0.15) is 25.3 Å². The number of alkyl halides is 3. The Balaban J connectivity index is 2.66. The van der Waals surface area contributed by atoms with E-state index >= 15 is 0 Å². The summed E-state index contributed by atoms with van der Waals surface area (Å²) in [5.74, 6) is 0.743. The largest absolute Gasteiger partial charge is 0.494 e. The highest BCUT2D eigenvalue weighted by Gasteiger charge is 2.22. The summed E-state index contributed by atoms with van der Waals surface area (Å²) in [5.41, 5.74) is 0.626. The molecule has 0 heterocycles. The lowest BCUT2D eigenvalue weighted by molar-refractivity contribution is 0.309. The van der Waals surface area contributed by atoms with E-state index in [0.717, 1.165) is 18.6 Å². The summed E-state index contributed by atoms with van der Waals surface area (Å²) < 4.78 is 4.12. The Kier molecular flexibility index (Phi) is 5.04. The molecule has 0 spiro atoms. The lowest BCUT2D eigenvalue weighted by atomic mass is 10.2. The van der Waals surface area contributed by atoms with Gasteiger partial charge in [0.25, 0.3) is 0 Å². The smallest absolute Gasteiger partial charge is 0.216 e. The van der Waals surface area contributed by atoms with Crippen LogP contribution >= 0.6 is 34.8 Å². The number of rotatable bonds is 4. The van der Waals surface area contributed by atoms with Gasteiger partial charge in [0.15, 0.2) is 0 Å². The quantitative estimate of drug-likeness (QED) is 0.568. The van der Waals surface area contributed by atoms with Crippen molar-refractivity contribution >= 4 is 34.8 Å². The summed E-state index contributed by atoms with van der Waals surface area (Å²) in [6.07, 6.45) is 2.13. The Bertz CT molecular complexity index is 307. The summed E-state index contributed by atoms with van der Waals surface area (Å²) in [7, 11) is 0. The van der Waals surface area contributed by atoms with Gasteiger partial charge in [-0.05, 0) is 18.6 Å². The number of ether oxygens (including phenoxy) is 1. The van der Waals surface area contributed by atoms with Gasteiger partial charge in [-0.1, -0.05) is 60.3 Å². The second kappa shape index (κ2) is 5.83. The zero-order valence-electron chi connectivity index (χ0n) is 8.47. The van der Waals surface area contributed by atoms with E-state index in [4.69, 9.17) is 39.5 Å². The molecular formula is C11H13Cl3O. The molecule has 1 rings (SSSR count). The Hall–Kier alpha value is -0.110. The molecule has 0 aromatic heterocycles. The highest BCUT2D eigenvalue weighted by atomic mass is 35.6. The summed E-state index contributed by atoms with van der Waals surface area (Å²) in [6.45, 7) is 2.81. The molecule has 0 aliphatic heterocycles. The minimum absolute atomic E-state index is 0.626. The van der Waals surface area contributed by atoms with Crippen LogP contribution in [0.5, 0.6) is 5.75 Å². The van der Waals surface area contributed by atoms with Crippen LogP contribution in [0.25, 0.3) is 0 Å². The minimum atomic E-state index is -1.38. The Morgan fingerprint density at radius 1 is 1.27 bits per heavy atom. The van der Waals surface area contributed by atoms with Crippen molar-refractivity contribution in [3.63, 3.8) is 0 Å². The van der Waals surface area contributed by atoms with Crippen LogP contribution in [0.2, 0.25) is 0 Å². The number of halogens is 3. The van der Waals surface area contributed by atoms with Gasteiger partial charge in [0, 0.05) is 5.56 Å². The fraction of sp³-hybridized carbons (Fsp3) is 0.455. The summed E-state index contributed by atoms with van der Waals surface area (Å²) in [4.78, 5) is 0. The molecule has 0 atom stereocenters.